The van der Waals surface area contributed by atoms with Crippen molar-refractivity contribution in [1.82, 2.24) is 4.72 Å². The molecule has 0 aliphatic rings. The molecule has 2 rings (SSSR count). The van der Waals surface area contributed by atoms with Crippen molar-refractivity contribution in [3.05, 3.63) is 70.6 Å². The fourth-order valence-electron chi connectivity index (χ4n) is 2.26. The van der Waals surface area contributed by atoms with E-state index >= 15 is 0 Å². The molecule has 2 aromatic carbocycles. The van der Waals surface area contributed by atoms with Crippen LogP contribution in [0.2, 0.25) is 0 Å². The molecule has 0 aliphatic heterocycles. The quantitative estimate of drug-likeness (QED) is 0.510. The van der Waals surface area contributed by atoms with E-state index in [4.69, 9.17) is 9.47 Å². The number of esters is 1. The average Bonchev–Trinajstić information content (AvgIpc) is 2.70. The van der Waals surface area contributed by atoms with Gasteiger partial charge in [0.2, 0.25) is 10.0 Å². The third-order valence-corrected chi connectivity index (χ3v) is 4.77. The minimum Gasteiger partial charge on any atom is -0.496 e. The summed E-state index contributed by atoms with van der Waals surface area (Å²) < 4.78 is 36.3. The second kappa shape index (κ2) is 9.82. The molecular formula is C20H21NO6S. The van der Waals surface area contributed by atoms with Crippen LogP contribution in [0.5, 0.6) is 5.75 Å². The highest BCUT2D eigenvalue weighted by Gasteiger charge is 2.13. The summed E-state index contributed by atoms with van der Waals surface area (Å²) in [6.45, 7) is 0.760. The van der Waals surface area contributed by atoms with Crippen LogP contribution in [0.25, 0.3) is 6.08 Å². The van der Waals surface area contributed by atoms with E-state index in [1.807, 2.05) is 6.07 Å². The molecule has 0 bridgehead atoms. The Kier molecular flexibility index (Phi) is 7.48. The number of carbonyl (C=O) groups is 2. The second-order valence-electron chi connectivity index (χ2n) is 5.82. The minimum atomic E-state index is -3.79. The van der Waals surface area contributed by atoms with Crippen molar-refractivity contribution in [3.63, 3.8) is 0 Å². The number of ketones is 1. The lowest BCUT2D eigenvalue weighted by Crippen LogP contribution is -2.29. The Morgan fingerprint density at radius 3 is 2.46 bits per heavy atom. The Morgan fingerprint density at radius 2 is 1.82 bits per heavy atom. The molecule has 0 fully saturated rings. The van der Waals surface area contributed by atoms with Gasteiger partial charge in [-0.25, -0.2) is 13.1 Å². The molecule has 0 saturated heterocycles. The highest BCUT2D eigenvalue weighted by Crippen LogP contribution is 2.21. The van der Waals surface area contributed by atoms with Crippen molar-refractivity contribution in [2.24, 2.45) is 0 Å². The second-order valence-corrected chi connectivity index (χ2v) is 7.47. The molecule has 0 amide bonds. The number of nitrogens with one attached hydrogen (secondary N) is 1. The van der Waals surface area contributed by atoms with Crippen LogP contribution in [-0.4, -0.2) is 33.8 Å². The predicted molar refractivity (Wildman–Crippen MR) is 105 cm³/mol. The summed E-state index contributed by atoms with van der Waals surface area (Å²) in [4.78, 5) is 23.4. The van der Waals surface area contributed by atoms with Gasteiger partial charge in [-0.15, -0.1) is 0 Å². The van der Waals surface area contributed by atoms with Gasteiger partial charge in [0, 0.05) is 16.5 Å². The summed E-state index contributed by atoms with van der Waals surface area (Å²) in [5.41, 5.74) is 1.68. The van der Waals surface area contributed by atoms with E-state index in [2.05, 4.69) is 4.72 Å². The van der Waals surface area contributed by atoms with Crippen LogP contribution in [0, 0.1) is 0 Å². The van der Waals surface area contributed by atoms with Crippen LogP contribution in [0.15, 0.2) is 53.9 Å². The first-order valence-corrected chi connectivity index (χ1v) is 9.91. The molecule has 7 nitrogen and oxygen atoms in total. The van der Waals surface area contributed by atoms with Gasteiger partial charge in [0.05, 0.1) is 7.11 Å². The molecule has 2 aromatic rings. The van der Waals surface area contributed by atoms with E-state index in [1.54, 1.807) is 42.5 Å². The molecular weight excluding hydrogens is 382 g/mol. The van der Waals surface area contributed by atoms with Crippen molar-refractivity contribution in [1.29, 1.82) is 0 Å². The van der Waals surface area contributed by atoms with Crippen LogP contribution in [0.4, 0.5) is 0 Å². The lowest BCUT2D eigenvalue weighted by atomic mass is 10.1. The molecule has 0 unspecified atom stereocenters. The van der Waals surface area contributed by atoms with Crippen molar-refractivity contribution >= 4 is 27.9 Å². The Labute approximate surface area is 164 Å². The van der Waals surface area contributed by atoms with Crippen LogP contribution < -0.4 is 9.46 Å². The first kappa shape index (κ1) is 21.3. The number of hydrogen-bond acceptors (Lipinski definition) is 6. The van der Waals surface area contributed by atoms with Crippen molar-refractivity contribution in [2.75, 3.05) is 13.7 Å². The van der Waals surface area contributed by atoms with Gasteiger partial charge < -0.3 is 9.47 Å². The van der Waals surface area contributed by atoms with E-state index < -0.39 is 22.5 Å². The smallest absolute Gasteiger partial charge is 0.321 e. The van der Waals surface area contributed by atoms with Crippen LogP contribution in [0.3, 0.4) is 0 Å². The number of methoxy groups -OCH3 is 1. The van der Waals surface area contributed by atoms with Crippen LogP contribution in [0.1, 0.15) is 28.4 Å². The third-order valence-electron chi connectivity index (χ3n) is 3.73. The molecule has 0 aromatic heterocycles. The molecule has 0 heterocycles. The van der Waals surface area contributed by atoms with Crippen molar-refractivity contribution in [3.8, 4) is 5.75 Å². The Balaban J connectivity index is 1.91. The molecule has 0 radical (unpaired) electrons. The molecule has 0 saturated carbocycles. The number of rotatable bonds is 9. The number of ether oxygens (including phenoxy) is 2. The normalized spacial score (nSPS) is 11.4. The largest absolute Gasteiger partial charge is 0.496 e. The van der Waals surface area contributed by atoms with Crippen molar-refractivity contribution in [2.45, 2.75) is 13.5 Å². The third kappa shape index (κ3) is 6.64. The molecule has 148 valence electrons. The van der Waals surface area contributed by atoms with Crippen molar-refractivity contribution < 1.29 is 27.5 Å². The first-order valence-electron chi connectivity index (χ1n) is 8.37. The number of benzene rings is 2. The van der Waals surface area contributed by atoms with Crippen LogP contribution in [-0.2, 0) is 26.2 Å². The maximum atomic E-state index is 11.9. The highest BCUT2D eigenvalue weighted by molar-refractivity contribution is 7.92. The van der Waals surface area contributed by atoms with Gasteiger partial charge in [-0.1, -0.05) is 30.3 Å². The fourth-order valence-corrected chi connectivity index (χ4v) is 3.01. The number of carbonyl (C=O) groups excluding carboxylic acids is 2. The molecule has 1 N–H and O–H groups in total. The zero-order valence-electron chi connectivity index (χ0n) is 15.5. The highest BCUT2D eigenvalue weighted by atomic mass is 32.2. The first-order chi connectivity index (χ1) is 13.3. The monoisotopic (exact) mass is 403 g/mol. The van der Waals surface area contributed by atoms with Gasteiger partial charge >= 0.3 is 5.97 Å². The van der Waals surface area contributed by atoms with Gasteiger partial charge in [0.25, 0.3) is 0 Å². The zero-order valence-corrected chi connectivity index (χ0v) is 16.4. The minimum absolute atomic E-state index is 0.131. The van der Waals surface area contributed by atoms with Gasteiger partial charge in [-0.05, 0) is 36.8 Å². The number of Topliss-reactive ketones (excluding diaryl/α,β-unsaturated/α-hetero) is 1. The topological polar surface area (TPSA) is 98.8 Å². The fraction of sp³-hybridized carbons (Fsp3) is 0.200. The Morgan fingerprint density at radius 1 is 1.11 bits per heavy atom. The van der Waals surface area contributed by atoms with Gasteiger partial charge in [0.15, 0.2) is 5.78 Å². The molecule has 28 heavy (non-hydrogen) atoms. The van der Waals surface area contributed by atoms with E-state index in [-0.39, 0.29) is 12.4 Å². The van der Waals surface area contributed by atoms with Gasteiger partial charge in [-0.2, -0.15) is 0 Å². The SMILES string of the molecule is COc1ccc(C(C)=O)cc1COC(=O)CNS(=O)(=O)C=Cc1ccccc1. The maximum absolute atomic E-state index is 11.9. The van der Waals surface area contributed by atoms with E-state index in [9.17, 15) is 18.0 Å². The van der Waals surface area contributed by atoms with Gasteiger partial charge in [-0.3, -0.25) is 9.59 Å². The zero-order chi connectivity index (χ0) is 20.6. The molecule has 0 aliphatic carbocycles. The standard InChI is InChI=1S/C20H21NO6S/c1-15(22)17-8-9-19(26-2)18(12-17)14-27-20(23)13-21-28(24,25)11-10-16-6-4-3-5-7-16/h3-12,21H,13-14H2,1-2H3. The number of hydrogen-bond donors (Lipinski definition) is 1. The average molecular weight is 403 g/mol. The summed E-state index contributed by atoms with van der Waals surface area (Å²) in [6.07, 6.45) is 1.42. The summed E-state index contributed by atoms with van der Waals surface area (Å²) >= 11 is 0. The lowest BCUT2D eigenvalue weighted by Gasteiger charge is -2.11. The Bertz CT molecular complexity index is 967. The van der Waals surface area contributed by atoms with Gasteiger partial charge in [0.1, 0.15) is 18.9 Å². The predicted octanol–water partition coefficient (Wildman–Crippen LogP) is 2.53. The molecule has 8 heteroatoms. The summed E-state index contributed by atoms with van der Waals surface area (Å²) in [5, 5.41) is 0.981. The van der Waals surface area contributed by atoms with E-state index in [1.165, 1.54) is 20.1 Å². The van der Waals surface area contributed by atoms with E-state index in [0.29, 0.717) is 22.4 Å². The summed E-state index contributed by atoms with van der Waals surface area (Å²) in [7, 11) is -2.33. The number of sulfonamides is 1. The maximum Gasteiger partial charge on any atom is 0.321 e. The summed E-state index contributed by atoms with van der Waals surface area (Å²) in [5.74, 6) is -0.427. The van der Waals surface area contributed by atoms with Crippen LogP contribution >= 0.6 is 0 Å². The molecule has 0 atom stereocenters. The van der Waals surface area contributed by atoms with E-state index in [0.717, 1.165) is 5.41 Å². The molecule has 0 spiro atoms. The lowest BCUT2D eigenvalue weighted by molar-refractivity contribution is -0.143. The summed E-state index contributed by atoms with van der Waals surface area (Å²) in [6, 6.07) is 13.7. The Hall–Kier alpha value is -2.97.